The van der Waals surface area contributed by atoms with Gasteiger partial charge < -0.3 is 20.3 Å². The summed E-state index contributed by atoms with van der Waals surface area (Å²) in [7, 11) is 0. The number of rotatable bonds is 17. The number of phenols is 1. The summed E-state index contributed by atoms with van der Waals surface area (Å²) in [5, 5.41) is 16.7. The van der Waals surface area contributed by atoms with Gasteiger partial charge in [0.25, 0.3) is 11.8 Å². The number of imide groups is 1. The van der Waals surface area contributed by atoms with Crippen LogP contribution in [0.2, 0.25) is 0 Å². The van der Waals surface area contributed by atoms with Crippen LogP contribution in [0.15, 0.2) is 29.3 Å². The highest BCUT2D eigenvalue weighted by molar-refractivity contribution is 7.99. The number of carbonyl (C=O) groups excluding carboxylic acids is 4. The number of H-pyrrole nitrogens is 1. The Morgan fingerprint density at radius 1 is 0.917 bits per heavy atom. The van der Waals surface area contributed by atoms with E-state index in [0.717, 1.165) is 62.7 Å². The predicted octanol–water partition coefficient (Wildman–Crippen LogP) is 5.77. The molecule has 0 aliphatic carbocycles. The zero-order valence-electron chi connectivity index (χ0n) is 29.5. The SMILES string of the molecule is CC(C)Sc1[nH]c2c(CN3CCN(C(=O)CCCCCNC(=O)CCCCCN4C(=O)C=CC4=O)CC3)c(O)ccc2c1CC(C)(C)C. The van der Waals surface area contributed by atoms with Crippen molar-refractivity contribution in [3.05, 3.63) is 35.4 Å². The third-order valence-electron chi connectivity index (χ3n) is 8.87. The number of amides is 4. The lowest BCUT2D eigenvalue weighted by Crippen LogP contribution is -2.48. The Morgan fingerprint density at radius 3 is 2.25 bits per heavy atom. The molecule has 1 saturated heterocycles. The van der Waals surface area contributed by atoms with Gasteiger partial charge in [0.15, 0.2) is 0 Å². The number of benzene rings is 1. The summed E-state index contributed by atoms with van der Waals surface area (Å²) in [6, 6.07) is 3.88. The Labute approximate surface area is 290 Å². The molecule has 1 fully saturated rings. The third-order valence-corrected chi connectivity index (χ3v) is 9.92. The molecule has 0 bridgehead atoms. The third kappa shape index (κ3) is 10.9. The van der Waals surface area contributed by atoms with E-state index >= 15 is 0 Å². The average Bonchev–Trinajstić information content (AvgIpc) is 3.52. The number of aromatic nitrogens is 1. The molecule has 11 heteroatoms. The smallest absolute Gasteiger partial charge is 0.253 e. The van der Waals surface area contributed by atoms with Crippen LogP contribution < -0.4 is 5.32 Å². The molecule has 0 radical (unpaired) electrons. The van der Waals surface area contributed by atoms with Crippen LogP contribution in [0.1, 0.15) is 97.1 Å². The molecule has 0 unspecified atom stereocenters. The van der Waals surface area contributed by atoms with Gasteiger partial charge in [-0.15, -0.1) is 11.8 Å². The second kappa shape index (κ2) is 17.4. The van der Waals surface area contributed by atoms with Gasteiger partial charge in [0.2, 0.25) is 11.8 Å². The minimum Gasteiger partial charge on any atom is -0.508 e. The molecule has 1 aromatic carbocycles. The van der Waals surface area contributed by atoms with E-state index in [-0.39, 0.29) is 29.0 Å². The molecular formula is C37H55N5O5S. The number of nitrogens with one attached hydrogen (secondary N) is 2. The summed E-state index contributed by atoms with van der Waals surface area (Å²) in [4.78, 5) is 57.3. The monoisotopic (exact) mass is 681 g/mol. The first-order chi connectivity index (χ1) is 22.8. The first kappa shape index (κ1) is 37.5. The summed E-state index contributed by atoms with van der Waals surface area (Å²) in [6.07, 6.45) is 9.19. The molecule has 0 atom stereocenters. The maximum atomic E-state index is 12.9. The van der Waals surface area contributed by atoms with Crippen molar-refractivity contribution < 1.29 is 24.3 Å². The average molecular weight is 682 g/mol. The fourth-order valence-corrected chi connectivity index (χ4v) is 7.32. The second-order valence-corrected chi connectivity index (χ2v) is 16.2. The lowest BCUT2D eigenvalue weighted by atomic mass is 9.88. The second-order valence-electron chi connectivity index (χ2n) is 14.6. The summed E-state index contributed by atoms with van der Waals surface area (Å²) in [6.45, 7) is 15.7. The molecular weight excluding hydrogens is 627 g/mol. The van der Waals surface area contributed by atoms with Crippen LogP contribution in [0.4, 0.5) is 0 Å². The van der Waals surface area contributed by atoms with Gasteiger partial charge in [0, 0.05) is 87.0 Å². The number of aromatic hydroxyl groups is 1. The maximum Gasteiger partial charge on any atom is 0.253 e. The summed E-state index contributed by atoms with van der Waals surface area (Å²) < 4.78 is 0. The van der Waals surface area contributed by atoms with E-state index in [4.69, 9.17) is 0 Å². The Balaban J connectivity index is 1.13. The van der Waals surface area contributed by atoms with Crippen molar-refractivity contribution in [2.75, 3.05) is 39.3 Å². The molecule has 3 heterocycles. The van der Waals surface area contributed by atoms with Crippen LogP contribution in [-0.2, 0) is 32.1 Å². The number of fused-ring (bicyclic) bond motifs is 1. The van der Waals surface area contributed by atoms with E-state index < -0.39 is 0 Å². The van der Waals surface area contributed by atoms with Crippen LogP contribution >= 0.6 is 11.8 Å². The van der Waals surface area contributed by atoms with Crippen molar-refractivity contribution in [1.82, 2.24) is 25.0 Å². The first-order valence-electron chi connectivity index (χ1n) is 17.6. The van der Waals surface area contributed by atoms with E-state index in [2.05, 4.69) is 49.8 Å². The number of hydrogen-bond donors (Lipinski definition) is 3. The van der Waals surface area contributed by atoms with Crippen LogP contribution in [0, 0.1) is 5.41 Å². The first-order valence-corrected chi connectivity index (χ1v) is 18.5. The van der Waals surface area contributed by atoms with E-state index in [9.17, 15) is 24.3 Å². The molecule has 4 amide bonds. The lowest BCUT2D eigenvalue weighted by molar-refractivity contribution is -0.137. The molecule has 1 aromatic heterocycles. The minimum absolute atomic E-state index is 0.0139. The normalized spacial score (nSPS) is 15.8. The summed E-state index contributed by atoms with van der Waals surface area (Å²) >= 11 is 1.84. The van der Waals surface area contributed by atoms with Gasteiger partial charge in [-0.2, -0.15) is 0 Å². The van der Waals surface area contributed by atoms with Gasteiger partial charge in [0.05, 0.1) is 10.5 Å². The largest absolute Gasteiger partial charge is 0.508 e. The number of unbranched alkanes of at least 4 members (excludes halogenated alkanes) is 4. The van der Waals surface area contributed by atoms with Crippen LogP contribution in [0.5, 0.6) is 5.75 Å². The van der Waals surface area contributed by atoms with Gasteiger partial charge in [-0.1, -0.05) is 47.5 Å². The number of phenolic OH excluding ortho intramolecular Hbond substituents is 1. The topological polar surface area (TPSA) is 126 Å². The van der Waals surface area contributed by atoms with Crippen molar-refractivity contribution >= 4 is 46.3 Å². The molecule has 48 heavy (non-hydrogen) atoms. The molecule has 10 nitrogen and oxygen atoms in total. The Hall–Kier alpha value is -3.31. The molecule has 2 aromatic rings. The molecule has 0 spiro atoms. The summed E-state index contributed by atoms with van der Waals surface area (Å²) in [5.41, 5.74) is 3.42. The molecule has 0 saturated carbocycles. The number of aromatic amines is 1. The quantitative estimate of drug-likeness (QED) is 0.110. The Kier molecular flexibility index (Phi) is 13.6. The zero-order valence-corrected chi connectivity index (χ0v) is 30.3. The molecule has 4 rings (SSSR count). The zero-order chi connectivity index (χ0) is 34.8. The minimum atomic E-state index is -0.263. The van der Waals surface area contributed by atoms with Crippen molar-refractivity contribution in [1.29, 1.82) is 0 Å². The van der Waals surface area contributed by atoms with Crippen molar-refractivity contribution in [3.63, 3.8) is 0 Å². The van der Waals surface area contributed by atoms with Crippen molar-refractivity contribution in [2.24, 2.45) is 5.41 Å². The van der Waals surface area contributed by atoms with Crippen molar-refractivity contribution in [3.8, 4) is 5.75 Å². The standard InChI is InChI=1S/C37H55N5O5S/c1-26(2)48-36-28(24-37(3,4)5)27-14-15-30(43)29(35(27)39-36)25-40-20-22-41(23-21-40)32(45)13-9-6-10-18-38-31(44)12-8-7-11-19-42-33(46)16-17-34(42)47/h14-17,26,39,43H,6-13,18-25H2,1-5H3,(H,38,44). The lowest BCUT2D eigenvalue weighted by Gasteiger charge is -2.35. The van der Waals surface area contributed by atoms with Gasteiger partial charge in [-0.05, 0) is 55.2 Å². The van der Waals surface area contributed by atoms with E-state index in [1.165, 1.54) is 33.0 Å². The van der Waals surface area contributed by atoms with Crippen LogP contribution in [0.25, 0.3) is 10.9 Å². The van der Waals surface area contributed by atoms with Gasteiger partial charge in [0.1, 0.15) is 5.75 Å². The highest BCUT2D eigenvalue weighted by Gasteiger charge is 2.26. The predicted molar refractivity (Wildman–Crippen MR) is 192 cm³/mol. The molecule has 2 aliphatic heterocycles. The van der Waals surface area contributed by atoms with Crippen LogP contribution in [-0.4, -0.2) is 92.9 Å². The highest BCUT2D eigenvalue weighted by atomic mass is 32.2. The van der Waals surface area contributed by atoms with Gasteiger partial charge >= 0.3 is 0 Å². The number of carbonyl (C=O) groups is 4. The fourth-order valence-electron chi connectivity index (χ4n) is 6.36. The maximum absolute atomic E-state index is 12.9. The van der Waals surface area contributed by atoms with Crippen LogP contribution in [0.3, 0.4) is 0 Å². The van der Waals surface area contributed by atoms with Gasteiger partial charge in [-0.3, -0.25) is 29.0 Å². The highest BCUT2D eigenvalue weighted by Crippen LogP contribution is 2.39. The number of nitrogens with zero attached hydrogens (tertiary/aromatic N) is 3. The molecule has 2 aliphatic rings. The van der Waals surface area contributed by atoms with Gasteiger partial charge in [-0.25, -0.2) is 0 Å². The Morgan fingerprint density at radius 2 is 1.58 bits per heavy atom. The van der Waals surface area contributed by atoms with E-state index in [1.807, 2.05) is 28.8 Å². The molecule has 264 valence electrons. The Bertz CT molecular complexity index is 1450. The van der Waals surface area contributed by atoms with Crippen molar-refractivity contribution in [2.45, 2.75) is 109 Å². The van der Waals surface area contributed by atoms with E-state index in [0.29, 0.717) is 63.0 Å². The fraction of sp³-hybridized carbons (Fsp3) is 0.622. The number of thioether (sulfide) groups is 1. The molecule has 3 N–H and O–H groups in total. The number of hydrogen-bond acceptors (Lipinski definition) is 7. The summed E-state index contributed by atoms with van der Waals surface area (Å²) in [5.74, 6) is -0.0177. The van der Waals surface area contributed by atoms with E-state index in [1.54, 1.807) is 0 Å². The number of piperazine rings is 1.